The van der Waals surface area contributed by atoms with Gasteiger partial charge in [-0.3, -0.25) is 9.78 Å². The number of pyridine rings is 1. The molecular formula is C20H20N4O2S. The zero-order valence-electron chi connectivity index (χ0n) is 15.4. The van der Waals surface area contributed by atoms with Gasteiger partial charge in [-0.2, -0.15) is 0 Å². The second-order valence-corrected chi connectivity index (χ2v) is 6.98. The number of aryl methyl sites for hydroxylation is 3. The van der Waals surface area contributed by atoms with E-state index in [4.69, 9.17) is 4.74 Å². The molecule has 0 aliphatic heterocycles. The van der Waals surface area contributed by atoms with Gasteiger partial charge in [0.05, 0.1) is 11.9 Å². The van der Waals surface area contributed by atoms with E-state index in [1.165, 1.54) is 11.8 Å². The van der Waals surface area contributed by atoms with Gasteiger partial charge in [0.15, 0.2) is 5.16 Å². The lowest BCUT2D eigenvalue weighted by Crippen LogP contribution is -2.14. The van der Waals surface area contributed by atoms with Crippen LogP contribution in [-0.4, -0.2) is 26.6 Å². The number of hydrogen-bond acceptors (Lipinski definition) is 6. The molecule has 138 valence electrons. The Hall–Kier alpha value is -2.93. The molecule has 0 saturated heterocycles. The predicted octanol–water partition coefficient (Wildman–Crippen LogP) is 4.32. The summed E-state index contributed by atoms with van der Waals surface area (Å²) in [7, 11) is 0. The molecule has 6 nitrogen and oxygen atoms in total. The number of anilines is 1. The number of rotatable bonds is 6. The van der Waals surface area contributed by atoms with Gasteiger partial charge in [-0.15, -0.1) is 0 Å². The van der Waals surface area contributed by atoms with Crippen LogP contribution < -0.4 is 10.1 Å². The Morgan fingerprint density at radius 3 is 2.56 bits per heavy atom. The van der Waals surface area contributed by atoms with Crippen molar-refractivity contribution in [1.29, 1.82) is 0 Å². The van der Waals surface area contributed by atoms with Crippen LogP contribution in [0.25, 0.3) is 0 Å². The summed E-state index contributed by atoms with van der Waals surface area (Å²) >= 11 is 1.32. The normalized spacial score (nSPS) is 10.5. The van der Waals surface area contributed by atoms with E-state index >= 15 is 0 Å². The summed E-state index contributed by atoms with van der Waals surface area (Å²) in [4.78, 5) is 24.9. The Bertz CT molecular complexity index is 928. The first-order valence-electron chi connectivity index (χ1n) is 8.43. The highest BCUT2D eigenvalue weighted by atomic mass is 32.2. The Balaban J connectivity index is 1.58. The quantitative estimate of drug-likeness (QED) is 0.507. The smallest absolute Gasteiger partial charge is 0.234 e. The molecule has 27 heavy (non-hydrogen) atoms. The molecular weight excluding hydrogens is 360 g/mol. The molecule has 0 atom stereocenters. The van der Waals surface area contributed by atoms with Crippen molar-refractivity contribution in [2.24, 2.45) is 0 Å². The molecule has 1 N–H and O–H groups in total. The second-order valence-electron chi connectivity index (χ2n) is 6.04. The van der Waals surface area contributed by atoms with Crippen LogP contribution in [0, 0.1) is 20.8 Å². The molecule has 0 bridgehead atoms. The van der Waals surface area contributed by atoms with Crippen LogP contribution in [0.3, 0.4) is 0 Å². The number of thioether (sulfide) groups is 1. The van der Waals surface area contributed by atoms with E-state index in [-0.39, 0.29) is 11.7 Å². The monoisotopic (exact) mass is 380 g/mol. The molecule has 3 rings (SSSR count). The van der Waals surface area contributed by atoms with Gasteiger partial charge in [-0.25, -0.2) is 9.97 Å². The molecule has 2 aromatic heterocycles. The van der Waals surface area contributed by atoms with Crippen molar-refractivity contribution in [3.8, 4) is 11.5 Å². The molecule has 0 radical (unpaired) electrons. The third kappa shape index (κ3) is 5.52. The van der Waals surface area contributed by atoms with Gasteiger partial charge in [0.2, 0.25) is 5.91 Å². The summed E-state index contributed by atoms with van der Waals surface area (Å²) in [6, 6.07) is 11.1. The average molecular weight is 380 g/mol. The van der Waals surface area contributed by atoms with Crippen molar-refractivity contribution in [3.63, 3.8) is 0 Å². The van der Waals surface area contributed by atoms with Crippen LogP contribution in [0.4, 0.5) is 5.69 Å². The van der Waals surface area contributed by atoms with Gasteiger partial charge in [-0.05, 0) is 62.7 Å². The molecule has 0 unspecified atom stereocenters. The number of benzene rings is 1. The van der Waals surface area contributed by atoms with E-state index in [1.807, 2.05) is 57.2 Å². The average Bonchev–Trinajstić information content (AvgIpc) is 2.62. The van der Waals surface area contributed by atoms with Gasteiger partial charge < -0.3 is 10.1 Å². The van der Waals surface area contributed by atoms with E-state index in [0.29, 0.717) is 10.9 Å². The molecule has 0 fully saturated rings. The molecule has 0 saturated carbocycles. The second kappa shape index (κ2) is 8.64. The number of carbonyl (C=O) groups excluding carboxylic acids is 1. The number of nitrogens with zero attached hydrogens (tertiary/aromatic N) is 3. The molecule has 1 aromatic carbocycles. The van der Waals surface area contributed by atoms with Gasteiger partial charge in [-0.1, -0.05) is 11.8 Å². The van der Waals surface area contributed by atoms with Crippen molar-refractivity contribution in [2.45, 2.75) is 25.9 Å². The minimum Gasteiger partial charge on any atom is -0.455 e. The standard InChI is InChI=1S/C20H20N4O2S/c1-13-9-16(6-7-18(13)26-17-5-4-8-21-11-17)24-19(25)12-27-20-22-14(2)10-15(3)23-20/h4-11H,12H2,1-3H3,(H,24,25). The van der Waals surface area contributed by atoms with E-state index < -0.39 is 0 Å². The van der Waals surface area contributed by atoms with E-state index in [1.54, 1.807) is 12.4 Å². The zero-order valence-corrected chi connectivity index (χ0v) is 16.2. The summed E-state index contributed by atoms with van der Waals surface area (Å²) in [5, 5.41) is 3.50. The van der Waals surface area contributed by atoms with Gasteiger partial charge in [0, 0.05) is 23.3 Å². The van der Waals surface area contributed by atoms with Gasteiger partial charge >= 0.3 is 0 Å². The summed E-state index contributed by atoms with van der Waals surface area (Å²) < 4.78 is 5.80. The highest BCUT2D eigenvalue weighted by Gasteiger charge is 2.08. The van der Waals surface area contributed by atoms with Gasteiger partial charge in [0.1, 0.15) is 11.5 Å². The van der Waals surface area contributed by atoms with Crippen molar-refractivity contribution in [2.75, 3.05) is 11.1 Å². The maximum atomic E-state index is 12.2. The van der Waals surface area contributed by atoms with Crippen LogP contribution in [-0.2, 0) is 4.79 Å². The summed E-state index contributed by atoms with van der Waals surface area (Å²) in [5.74, 6) is 1.53. The molecule has 0 aliphatic carbocycles. The van der Waals surface area contributed by atoms with Crippen molar-refractivity contribution < 1.29 is 9.53 Å². The minimum atomic E-state index is -0.108. The van der Waals surface area contributed by atoms with E-state index in [0.717, 1.165) is 28.4 Å². The fourth-order valence-electron chi connectivity index (χ4n) is 2.46. The third-order valence-electron chi connectivity index (χ3n) is 3.62. The highest BCUT2D eigenvalue weighted by Crippen LogP contribution is 2.27. The summed E-state index contributed by atoms with van der Waals surface area (Å²) in [5.41, 5.74) is 3.43. The Morgan fingerprint density at radius 1 is 1.11 bits per heavy atom. The van der Waals surface area contributed by atoms with E-state index in [9.17, 15) is 4.79 Å². The van der Waals surface area contributed by atoms with Crippen LogP contribution in [0.2, 0.25) is 0 Å². The number of nitrogens with one attached hydrogen (secondary N) is 1. The Labute approximate surface area is 162 Å². The fourth-order valence-corrected chi connectivity index (χ4v) is 3.21. The van der Waals surface area contributed by atoms with Crippen molar-refractivity contribution in [1.82, 2.24) is 15.0 Å². The maximum absolute atomic E-state index is 12.2. The first-order valence-corrected chi connectivity index (χ1v) is 9.41. The number of aromatic nitrogens is 3. The van der Waals surface area contributed by atoms with Crippen LogP contribution in [0.15, 0.2) is 53.9 Å². The SMILES string of the molecule is Cc1cc(C)nc(SCC(=O)Nc2ccc(Oc3cccnc3)c(C)c2)n1. The lowest BCUT2D eigenvalue weighted by Gasteiger charge is -2.11. The molecule has 7 heteroatoms. The third-order valence-corrected chi connectivity index (χ3v) is 4.46. The topological polar surface area (TPSA) is 77.0 Å². The van der Waals surface area contributed by atoms with Crippen LogP contribution >= 0.6 is 11.8 Å². The van der Waals surface area contributed by atoms with Crippen molar-refractivity contribution in [3.05, 3.63) is 65.7 Å². The highest BCUT2D eigenvalue weighted by molar-refractivity contribution is 7.99. The molecule has 0 spiro atoms. The van der Waals surface area contributed by atoms with Crippen molar-refractivity contribution >= 4 is 23.4 Å². The fraction of sp³-hybridized carbons (Fsp3) is 0.200. The summed E-state index contributed by atoms with van der Waals surface area (Å²) in [6.07, 6.45) is 3.35. The predicted molar refractivity (Wildman–Crippen MR) is 106 cm³/mol. The minimum absolute atomic E-state index is 0.108. The first kappa shape index (κ1) is 18.8. The number of hydrogen-bond donors (Lipinski definition) is 1. The van der Waals surface area contributed by atoms with Crippen LogP contribution in [0.1, 0.15) is 17.0 Å². The largest absolute Gasteiger partial charge is 0.455 e. The first-order chi connectivity index (χ1) is 13.0. The number of amides is 1. The Kier molecular flexibility index (Phi) is 6.03. The maximum Gasteiger partial charge on any atom is 0.234 e. The zero-order chi connectivity index (χ0) is 19.2. The lowest BCUT2D eigenvalue weighted by atomic mass is 10.2. The lowest BCUT2D eigenvalue weighted by molar-refractivity contribution is -0.113. The number of carbonyl (C=O) groups is 1. The molecule has 1 amide bonds. The summed E-state index contributed by atoms with van der Waals surface area (Å²) in [6.45, 7) is 5.76. The molecule has 3 aromatic rings. The molecule has 2 heterocycles. The Morgan fingerprint density at radius 2 is 1.89 bits per heavy atom. The molecule has 0 aliphatic rings. The number of ether oxygens (including phenoxy) is 1. The van der Waals surface area contributed by atoms with E-state index in [2.05, 4.69) is 20.3 Å². The van der Waals surface area contributed by atoms with Crippen LogP contribution in [0.5, 0.6) is 11.5 Å². The van der Waals surface area contributed by atoms with Gasteiger partial charge in [0.25, 0.3) is 0 Å².